The van der Waals surface area contributed by atoms with E-state index in [1.165, 1.54) is 12.1 Å². The predicted molar refractivity (Wildman–Crippen MR) is 122 cm³/mol. The summed E-state index contributed by atoms with van der Waals surface area (Å²) >= 11 is 6.98. The second-order valence-corrected chi connectivity index (χ2v) is 8.51. The molecule has 2 N–H and O–H groups in total. The SMILES string of the molecule is CCC(NC(=O)c1sc(NC(=O)c2ccc(F)cc2Cl)cc1C)c1ccccc1OC(F)F. The zero-order valence-electron chi connectivity index (χ0n) is 17.6. The first-order valence-corrected chi connectivity index (χ1v) is 11.1. The summed E-state index contributed by atoms with van der Waals surface area (Å²) in [6.07, 6.45) is 0.437. The maximum Gasteiger partial charge on any atom is 0.387 e. The molecule has 0 bridgehead atoms. The molecule has 0 aliphatic heterocycles. The minimum Gasteiger partial charge on any atom is -0.434 e. The highest BCUT2D eigenvalue weighted by molar-refractivity contribution is 7.18. The monoisotopic (exact) mass is 496 g/mol. The molecule has 2 aromatic carbocycles. The average Bonchev–Trinajstić information content (AvgIpc) is 3.12. The number of rotatable bonds is 8. The standard InChI is InChI=1S/C23H20ClF3N2O3S/c1-3-17(15-6-4-5-7-18(15)32-23(26)27)28-22(31)20-12(2)10-19(33-20)29-21(30)14-9-8-13(25)11-16(14)24/h4-11,17,23H,3H2,1-2H3,(H,28,31)(H,29,30). The number of amides is 2. The van der Waals surface area contributed by atoms with Crippen LogP contribution in [0.15, 0.2) is 48.5 Å². The molecular weight excluding hydrogens is 477 g/mol. The minimum atomic E-state index is -2.99. The first kappa shape index (κ1) is 24.6. The first-order valence-electron chi connectivity index (χ1n) is 9.91. The summed E-state index contributed by atoms with van der Waals surface area (Å²) in [7, 11) is 0. The highest BCUT2D eigenvalue weighted by Gasteiger charge is 2.22. The van der Waals surface area contributed by atoms with Gasteiger partial charge in [0, 0.05) is 5.56 Å². The maximum atomic E-state index is 13.2. The smallest absolute Gasteiger partial charge is 0.387 e. The number of anilines is 1. The Balaban J connectivity index is 1.76. The van der Waals surface area contributed by atoms with Crippen molar-refractivity contribution >= 4 is 39.8 Å². The molecular formula is C23H20ClF3N2O3S. The summed E-state index contributed by atoms with van der Waals surface area (Å²) < 4.78 is 43.3. The second kappa shape index (κ2) is 10.7. The van der Waals surface area contributed by atoms with Gasteiger partial charge in [-0.15, -0.1) is 11.3 Å². The third kappa shape index (κ3) is 6.06. The van der Waals surface area contributed by atoms with Gasteiger partial charge in [-0.2, -0.15) is 8.78 Å². The van der Waals surface area contributed by atoms with Crippen LogP contribution in [0, 0.1) is 12.7 Å². The molecule has 1 aromatic heterocycles. The fraction of sp³-hybridized carbons (Fsp3) is 0.217. The lowest BCUT2D eigenvalue weighted by Crippen LogP contribution is -2.28. The number of para-hydroxylation sites is 1. The number of hydrogen-bond donors (Lipinski definition) is 2. The molecule has 0 spiro atoms. The van der Waals surface area contributed by atoms with Gasteiger partial charge >= 0.3 is 6.61 Å². The normalized spacial score (nSPS) is 11.8. The van der Waals surface area contributed by atoms with Gasteiger partial charge in [0.1, 0.15) is 11.6 Å². The van der Waals surface area contributed by atoms with Crippen LogP contribution in [-0.4, -0.2) is 18.4 Å². The zero-order valence-corrected chi connectivity index (χ0v) is 19.2. The number of carbonyl (C=O) groups is 2. The predicted octanol–water partition coefficient (Wildman–Crippen LogP) is 6.58. The van der Waals surface area contributed by atoms with E-state index in [1.807, 2.05) is 6.92 Å². The molecule has 3 rings (SSSR count). The highest BCUT2D eigenvalue weighted by Crippen LogP contribution is 2.31. The number of halogens is 4. The molecule has 0 saturated heterocycles. The Morgan fingerprint density at radius 3 is 2.52 bits per heavy atom. The molecule has 0 fully saturated rings. The fourth-order valence-corrected chi connectivity index (χ4v) is 4.44. The number of hydrogen-bond acceptors (Lipinski definition) is 4. The van der Waals surface area contributed by atoms with Gasteiger partial charge in [-0.05, 0) is 49.2 Å². The van der Waals surface area contributed by atoms with Crippen molar-refractivity contribution in [3.05, 3.63) is 80.9 Å². The molecule has 33 heavy (non-hydrogen) atoms. The summed E-state index contributed by atoms with van der Waals surface area (Å²) in [4.78, 5) is 25.8. The van der Waals surface area contributed by atoms with E-state index in [0.29, 0.717) is 27.4 Å². The third-order valence-electron chi connectivity index (χ3n) is 4.76. The third-order valence-corrected chi connectivity index (χ3v) is 6.22. The number of nitrogens with one attached hydrogen (secondary N) is 2. The molecule has 0 aliphatic rings. The summed E-state index contributed by atoms with van der Waals surface area (Å²) in [6, 6.07) is 10.8. The van der Waals surface area contributed by atoms with Crippen molar-refractivity contribution in [2.24, 2.45) is 0 Å². The molecule has 10 heteroatoms. The lowest BCUT2D eigenvalue weighted by molar-refractivity contribution is -0.0507. The van der Waals surface area contributed by atoms with Crippen molar-refractivity contribution in [2.45, 2.75) is 32.9 Å². The second-order valence-electron chi connectivity index (χ2n) is 7.05. The van der Waals surface area contributed by atoms with Gasteiger partial charge in [-0.3, -0.25) is 9.59 Å². The Morgan fingerprint density at radius 1 is 1.12 bits per heavy atom. The Bertz CT molecular complexity index is 1170. The Kier molecular flexibility index (Phi) is 7.99. The van der Waals surface area contributed by atoms with Crippen molar-refractivity contribution in [3.63, 3.8) is 0 Å². The van der Waals surface area contributed by atoms with Gasteiger partial charge in [-0.1, -0.05) is 36.7 Å². The van der Waals surface area contributed by atoms with Crippen LogP contribution in [0.4, 0.5) is 18.2 Å². The van der Waals surface area contributed by atoms with Gasteiger partial charge in [0.25, 0.3) is 11.8 Å². The van der Waals surface area contributed by atoms with Crippen LogP contribution in [0.1, 0.15) is 50.5 Å². The van der Waals surface area contributed by atoms with Crippen LogP contribution in [0.2, 0.25) is 5.02 Å². The van der Waals surface area contributed by atoms with Crippen LogP contribution in [0.3, 0.4) is 0 Å². The summed E-state index contributed by atoms with van der Waals surface area (Å²) in [6.45, 7) is 0.532. The molecule has 2 amide bonds. The molecule has 174 valence electrons. The number of carbonyl (C=O) groups excluding carboxylic acids is 2. The summed E-state index contributed by atoms with van der Waals surface area (Å²) in [5.74, 6) is -1.53. The fourth-order valence-electron chi connectivity index (χ4n) is 3.22. The molecule has 0 aliphatic carbocycles. The topological polar surface area (TPSA) is 67.4 Å². The molecule has 1 heterocycles. The van der Waals surface area contributed by atoms with Crippen LogP contribution in [0.5, 0.6) is 5.75 Å². The maximum absolute atomic E-state index is 13.2. The van der Waals surface area contributed by atoms with Crippen molar-refractivity contribution in [1.29, 1.82) is 0 Å². The van der Waals surface area contributed by atoms with E-state index in [-0.39, 0.29) is 16.3 Å². The van der Waals surface area contributed by atoms with Gasteiger partial charge in [0.05, 0.1) is 26.5 Å². The van der Waals surface area contributed by atoms with Gasteiger partial charge in [0.15, 0.2) is 0 Å². The molecule has 0 radical (unpaired) electrons. The number of ether oxygens (including phenoxy) is 1. The lowest BCUT2D eigenvalue weighted by atomic mass is 10.0. The molecule has 3 aromatic rings. The van der Waals surface area contributed by atoms with E-state index in [9.17, 15) is 22.8 Å². The lowest BCUT2D eigenvalue weighted by Gasteiger charge is -2.20. The van der Waals surface area contributed by atoms with E-state index in [4.69, 9.17) is 11.6 Å². The highest BCUT2D eigenvalue weighted by atomic mass is 35.5. The van der Waals surface area contributed by atoms with Gasteiger partial charge in [0.2, 0.25) is 0 Å². The Labute approximate surface area is 197 Å². The van der Waals surface area contributed by atoms with E-state index in [0.717, 1.165) is 23.5 Å². The number of alkyl halides is 2. The van der Waals surface area contributed by atoms with Crippen molar-refractivity contribution in [3.8, 4) is 5.75 Å². The van der Waals surface area contributed by atoms with Crippen molar-refractivity contribution in [2.75, 3.05) is 5.32 Å². The first-order chi connectivity index (χ1) is 15.7. The van der Waals surface area contributed by atoms with Crippen LogP contribution in [-0.2, 0) is 0 Å². The zero-order chi connectivity index (χ0) is 24.1. The molecule has 0 saturated carbocycles. The van der Waals surface area contributed by atoms with E-state index in [2.05, 4.69) is 15.4 Å². The van der Waals surface area contributed by atoms with Crippen LogP contribution >= 0.6 is 22.9 Å². The minimum absolute atomic E-state index is 0.00770. The van der Waals surface area contributed by atoms with E-state index >= 15 is 0 Å². The molecule has 5 nitrogen and oxygen atoms in total. The van der Waals surface area contributed by atoms with Gasteiger partial charge < -0.3 is 15.4 Å². The van der Waals surface area contributed by atoms with E-state index in [1.54, 1.807) is 31.2 Å². The summed E-state index contributed by atoms with van der Waals surface area (Å²) in [5.41, 5.74) is 1.14. The number of benzene rings is 2. The quantitative estimate of drug-likeness (QED) is 0.370. The van der Waals surface area contributed by atoms with Gasteiger partial charge in [-0.25, -0.2) is 4.39 Å². The van der Waals surface area contributed by atoms with E-state index < -0.39 is 30.3 Å². The molecule has 1 atom stereocenters. The molecule has 1 unspecified atom stereocenters. The number of aryl methyl sites for hydroxylation is 1. The Hall–Kier alpha value is -3.04. The largest absolute Gasteiger partial charge is 0.434 e. The van der Waals surface area contributed by atoms with Crippen LogP contribution < -0.4 is 15.4 Å². The Morgan fingerprint density at radius 2 is 1.85 bits per heavy atom. The summed E-state index contributed by atoms with van der Waals surface area (Å²) in [5, 5.41) is 5.86. The van der Waals surface area contributed by atoms with Crippen molar-refractivity contribution in [1.82, 2.24) is 5.32 Å². The van der Waals surface area contributed by atoms with Crippen LogP contribution in [0.25, 0.3) is 0 Å². The average molecular weight is 497 g/mol. The van der Waals surface area contributed by atoms with Crippen molar-refractivity contribution < 1.29 is 27.5 Å². The number of thiophene rings is 1.